The number of hydrogen-bond acceptors (Lipinski definition) is 4. The lowest BCUT2D eigenvalue weighted by Crippen LogP contribution is -2.61. The second kappa shape index (κ2) is 10.5. The van der Waals surface area contributed by atoms with Crippen molar-refractivity contribution in [2.45, 2.75) is 70.4 Å². The maximum Gasteiger partial charge on any atom is 0.243 e. The first kappa shape index (κ1) is 26.9. The first-order valence-electron chi connectivity index (χ1n) is 12.0. The van der Waals surface area contributed by atoms with E-state index in [0.717, 1.165) is 11.1 Å². The lowest BCUT2D eigenvalue weighted by atomic mass is 9.87. The Hall–Kier alpha value is -2.71. The molecule has 0 radical (unpaired) electrons. The summed E-state index contributed by atoms with van der Waals surface area (Å²) in [6, 6.07) is 13.8. The zero-order chi connectivity index (χ0) is 26.0. The number of nitrogens with zero attached hydrogens (tertiary/aromatic N) is 2. The molecule has 1 heterocycles. The van der Waals surface area contributed by atoms with Crippen LogP contribution in [0.1, 0.15) is 64.2 Å². The fourth-order valence-electron chi connectivity index (χ4n) is 4.14. The molecule has 1 saturated heterocycles. The van der Waals surface area contributed by atoms with E-state index in [1.807, 2.05) is 38.1 Å². The number of carbonyl (C=O) groups is 2. The van der Waals surface area contributed by atoms with Crippen molar-refractivity contribution in [1.29, 1.82) is 0 Å². The lowest BCUT2D eigenvalue weighted by molar-refractivity contribution is -0.134. The van der Waals surface area contributed by atoms with Gasteiger partial charge in [0.05, 0.1) is 4.90 Å². The summed E-state index contributed by atoms with van der Waals surface area (Å²) >= 11 is 0. The van der Waals surface area contributed by atoms with E-state index in [2.05, 4.69) is 26.1 Å². The Bertz CT molecular complexity index is 1150. The standard InChI is InChI=1S/C27H37N3O4S/c1-19(2)22-9-13-24(14-10-22)35(33,34)30-16-15-29(20(3)31)18-25(30)26(32)28-17-21-7-11-23(12-8-21)27(4,5)6/h7-14,19,25H,15-18H2,1-6H3,(H,28,32)/t25-/m1/s1. The number of nitrogens with one attached hydrogen (secondary N) is 1. The summed E-state index contributed by atoms with van der Waals surface area (Å²) in [6.07, 6.45) is 0. The average molecular weight is 500 g/mol. The minimum atomic E-state index is -3.92. The molecular weight excluding hydrogens is 462 g/mol. The van der Waals surface area contributed by atoms with Gasteiger partial charge in [-0.2, -0.15) is 4.31 Å². The Labute approximate surface area is 209 Å². The van der Waals surface area contributed by atoms with Crippen molar-refractivity contribution in [3.05, 3.63) is 65.2 Å². The maximum absolute atomic E-state index is 13.5. The predicted octanol–water partition coefficient (Wildman–Crippen LogP) is 3.65. The second-order valence-electron chi connectivity index (χ2n) is 10.5. The molecule has 8 heteroatoms. The van der Waals surface area contributed by atoms with Crippen molar-refractivity contribution < 1.29 is 18.0 Å². The van der Waals surface area contributed by atoms with Crippen LogP contribution in [0.4, 0.5) is 0 Å². The molecule has 1 aliphatic rings. The van der Waals surface area contributed by atoms with E-state index in [0.29, 0.717) is 0 Å². The maximum atomic E-state index is 13.5. The van der Waals surface area contributed by atoms with Gasteiger partial charge in [-0.05, 0) is 40.2 Å². The molecule has 2 amide bonds. The summed E-state index contributed by atoms with van der Waals surface area (Å²) < 4.78 is 28.2. The highest BCUT2D eigenvalue weighted by Gasteiger charge is 2.40. The first-order chi connectivity index (χ1) is 16.3. The molecule has 7 nitrogen and oxygen atoms in total. The minimum absolute atomic E-state index is 0.0213. The molecule has 3 rings (SSSR count). The lowest BCUT2D eigenvalue weighted by Gasteiger charge is -2.39. The SMILES string of the molecule is CC(=O)N1CCN(S(=O)(=O)c2ccc(C(C)C)cc2)[C@@H](C(=O)NCc2ccc(C(C)(C)C)cc2)C1. The summed E-state index contributed by atoms with van der Waals surface area (Å²) in [6.45, 7) is 12.5. The number of sulfonamides is 1. The predicted molar refractivity (Wildman–Crippen MR) is 137 cm³/mol. The topological polar surface area (TPSA) is 86.8 Å². The monoisotopic (exact) mass is 499 g/mol. The number of amides is 2. The fraction of sp³-hybridized carbons (Fsp3) is 0.481. The molecule has 1 aliphatic heterocycles. The van der Waals surface area contributed by atoms with Crippen molar-refractivity contribution >= 4 is 21.8 Å². The van der Waals surface area contributed by atoms with E-state index in [1.165, 1.54) is 21.7 Å². The van der Waals surface area contributed by atoms with Gasteiger partial charge in [0, 0.05) is 33.1 Å². The quantitative estimate of drug-likeness (QED) is 0.657. The summed E-state index contributed by atoms with van der Waals surface area (Å²) in [5, 5.41) is 2.88. The molecular formula is C27H37N3O4S. The molecule has 0 saturated carbocycles. The van der Waals surface area contributed by atoms with E-state index in [9.17, 15) is 18.0 Å². The fourth-order valence-corrected chi connectivity index (χ4v) is 5.71. The van der Waals surface area contributed by atoms with Crippen molar-refractivity contribution in [3.63, 3.8) is 0 Å². The third-order valence-corrected chi connectivity index (χ3v) is 8.44. The largest absolute Gasteiger partial charge is 0.351 e. The molecule has 1 atom stereocenters. The van der Waals surface area contributed by atoms with Crippen LogP contribution < -0.4 is 5.32 Å². The smallest absolute Gasteiger partial charge is 0.243 e. The van der Waals surface area contributed by atoms with Crippen LogP contribution in [-0.4, -0.2) is 55.1 Å². The third-order valence-electron chi connectivity index (χ3n) is 6.52. The highest BCUT2D eigenvalue weighted by molar-refractivity contribution is 7.89. The van der Waals surface area contributed by atoms with Gasteiger partial charge in [0.1, 0.15) is 6.04 Å². The van der Waals surface area contributed by atoms with Crippen molar-refractivity contribution in [2.24, 2.45) is 0 Å². The number of piperazine rings is 1. The number of carbonyl (C=O) groups excluding carboxylic acids is 2. The zero-order valence-electron chi connectivity index (χ0n) is 21.5. The van der Waals surface area contributed by atoms with Gasteiger partial charge < -0.3 is 10.2 Å². The summed E-state index contributed by atoms with van der Waals surface area (Å²) in [5.74, 6) is -0.320. The Morgan fingerprint density at radius 2 is 1.60 bits per heavy atom. The van der Waals surface area contributed by atoms with E-state index >= 15 is 0 Å². The molecule has 0 bridgehead atoms. The molecule has 2 aromatic carbocycles. The van der Waals surface area contributed by atoms with E-state index in [1.54, 1.807) is 24.3 Å². The normalized spacial score (nSPS) is 17.5. The highest BCUT2D eigenvalue weighted by Crippen LogP contribution is 2.25. The van der Waals surface area contributed by atoms with Crippen LogP contribution >= 0.6 is 0 Å². The molecule has 190 valence electrons. The Morgan fingerprint density at radius 3 is 2.11 bits per heavy atom. The van der Waals surface area contributed by atoms with Crippen LogP contribution in [0.2, 0.25) is 0 Å². The molecule has 0 aromatic heterocycles. The van der Waals surface area contributed by atoms with E-state index in [-0.39, 0.29) is 48.3 Å². The van der Waals surface area contributed by atoms with Gasteiger partial charge in [0.25, 0.3) is 0 Å². The van der Waals surface area contributed by atoms with Gasteiger partial charge in [0.15, 0.2) is 0 Å². The van der Waals surface area contributed by atoms with Crippen molar-refractivity contribution in [3.8, 4) is 0 Å². The van der Waals surface area contributed by atoms with Crippen LogP contribution in [0.25, 0.3) is 0 Å². The van der Waals surface area contributed by atoms with E-state index in [4.69, 9.17) is 0 Å². The first-order valence-corrected chi connectivity index (χ1v) is 13.5. The van der Waals surface area contributed by atoms with Gasteiger partial charge in [-0.15, -0.1) is 0 Å². The summed E-state index contributed by atoms with van der Waals surface area (Å²) in [7, 11) is -3.92. The highest BCUT2D eigenvalue weighted by atomic mass is 32.2. The number of rotatable bonds is 6. The zero-order valence-corrected chi connectivity index (χ0v) is 22.4. The van der Waals surface area contributed by atoms with Crippen LogP contribution in [0.15, 0.2) is 53.4 Å². The Kier molecular flexibility index (Phi) is 8.07. The second-order valence-corrected chi connectivity index (χ2v) is 12.4. The Morgan fingerprint density at radius 1 is 1.00 bits per heavy atom. The minimum Gasteiger partial charge on any atom is -0.351 e. The van der Waals surface area contributed by atoms with Gasteiger partial charge >= 0.3 is 0 Å². The van der Waals surface area contributed by atoms with Gasteiger partial charge in [-0.1, -0.05) is 71.0 Å². The molecule has 1 N–H and O–H groups in total. The summed E-state index contributed by atoms with van der Waals surface area (Å²) in [4.78, 5) is 26.9. The molecule has 0 aliphatic carbocycles. The molecule has 35 heavy (non-hydrogen) atoms. The Balaban J connectivity index is 1.80. The number of benzene rings is 2. The molecule has 0 unspecified atom stereocenters. The summed E-state index contributed by atoms with van der Waals surface area (Å²) in [5.41, 5.74) is 3.18. The van der Waals surface area contributed by atoms with Crippen molar-refractivity contribution in [2.75, 3.05) is 19.6 Å². The van der Waals surface area contributed by atoms with Gasteiger partial charge in [0.2, 0.25) is 21.8 Å². The van der Waals surface area contributed by atoms with Gasteiger partial charge in [-0.25, -0.2) is 8.42 Å². The third kappa shape index (κ3) is 6.30. The van der Waals surface area contributed by atoms with Crippen LogP contribution in [0.5, 0.6) is 0 Å². The van der Waals surface area contributed by atoms with Crippen molar-refractivity contribution in [1.82, 2.24) is 14.5 Å². The average Bonchev–Trinajstić information content (AvgIpc) is 2.81. The van der Waals surface area contributed by atoms with Gasteiger partial charge in [-0.3, -0.25) is 9.59 Å². The van der Waals surface area contributed by atoms with E-state index < -0.39 is 22.0 Å². The molecule has 0 spiro atoms. The number of hydrogen-bond donors (Lipinski definition) is 1. The van der Waals surface area contributed by atoms with Crippen LogP contribution in [-0.2, 0) is 31.6 Å². The molecule has 1 fully saturated rings. The molecule has 2 aromatic rings. The van der Waals surface area contributed by atoms with Crippen LogP contribution in [0.3, 0.4) is 0 Å². The van der Waals surface area contributed by atoms with Crippen LogP contribution in [0, 0.1) is 0 Å².